The predicted octanol–water partition coefficient (Wildman–Crippen LogP) is 5.70. The number of benzene rings is 2. The number of carbonyl (C=O) groups excluding carboxylic acids is 2. The van der Waals surface area contributed by atoms with Gasteiger partial charge in [0.2, 0.25) is 5.91 Å². The molecule has 1 aliphatic heterocycles. The third kappa shape index (κ3) is 6.85. The average molecular weight is 619 g/mol. The van der Waals surface area contributed by atoms with E-state index in [0.717, 1.165) is 66.5 Å². The second-order valence-corrected chi connectivity index (χ2v) is 12.9. The van der Waals surface area contributed by atoms with Crippen LogP contribution >= 0.6 is 0 Å². The molecule has 46 heavy (non-hydrogen) atoms. The molecular formula is C38H46N6O2. The molecule has 1 fully saturated rings. The van der Waals surface area contributed by atoms with Crippen LogP contribution in [0.2, 0.25) is 0 Å². The van der Waals surface area contributed by atoms with Crippen molar-refractivity contribution >= 4 is 23.3 Å². The van der Waals surface area contributed by atoms with Gasteiger partial charge in [-0.15, -0.1) is 0 Å². The molecule has 1 saturated heterocycles. The summed E-state index contributed by atoms with van der Waals surface area (Å²) < 4.78 is 0. The Morgan fingerprint density at radius 1 is 1.13 bits per heavy atom. The predicted molar refractivity (Wildman–Crippen MR) is 184 cm³/mol. The van der Waals surface area contributed by atoms with Gasteiger partial charge in [-0.2, -0.15) is 5.26 Å². The topological polar surface area (TPSA) is 124 Å². The molecule has 3 atom stereocenters. The number of hydrogen-bond acceptors (Lipinski definition) is 5. The van der Waals surface area contributed by atoms with Crippen molar-refractivity contribution in [1.29, 1.82) is 5.26 Å². The number of amidine groups is 1. The highest BCUT2D eigenvalue weighted by Gasteiger charge is 2.45. The number of likely N-dealkylation sites (tertiary alicyclic amines) is 1. The van der Waals surface area contributed by atoms with E-state index in [1.165, 1.54) is 11.1 Å². The number of aliphatic imine (C=N–C) groups is 1. The van der Waals surface area contributed by atoms with E-state index in [2.05, 4.69) is 54.8 Å². The third-order valence-corrected chi connectivity index (χ3v) is 9.67. The van der Waals surface area contributed by atoms with Crippen LogP contribution in [0.25, 0.3) is 0 Å². The molecular weight excluding hydrogens is 572 g/mol. The van der Waals surface area contributed by atoms with E-state index in [0.29, 0.717) is 24.4 Å². The van der Waals surface area contributed by atoms with E-state index in [-0.39, 0.29) is 30.4 Å². The van der Waals surface area contributed by atoms with Crippen LogP contribution in [-0.4, -0.2) is 54.8 Å². The van der Waals surface area contributed by atoms with Crippen molar-refractivity contribution < 1.29 is 9.59 Å². The van der Waals surface area contributed by atoms with Crippen LogP contribution in [0.3, 0.4) is 0 Å². The van der Waals surface area contributed by atoms with Crippen LogP contribution in [-0.2, 0) is 16.6 Å². The average Bonchev–Trinajstić information content (AvgIpc) is 3.49. The first-order valence-corrected chi connectivity index (χ1v) is 16.4. The van der Waals surface area contributed by atoms with Crippen LogP contribution in [0.1, 0.15) is 79.4 Å². The van der Waals surface area contributed by atoms with Gasteiger partial charge in [-0.05, 0) is 107 Å². The number of nitrogens with zero attached hydrogens (tertiary/aromatic N) is 3. The molecule has 0 spiro atoms. The highest BCUT2D eigenvalue weighted by Crippen LogP contribution is 2.47. The number of nitrogens with one attached hydrogen (secondary N) is 2. The van der Waals surface area contributed by atoms with Gasteiger partial charge < -0.3 is 21.3 Å². The Hall–Kier alpha value is -4.48. The van der Waals surface area contributed by atoms with Crippen molar-refractivity contribution in [2.24, 2.45) is 10.7 Å². The van der Waals surface area contributed by atoms with E-state index in [4.69, 9.17) is 10.7 Å². The molecule has 2 amide bonds. The Bertz CT molecular complexity index is 1640. The minimum Gasteiger partial charge on any atom is -0.386 e. The van der Waals surface area contributed by atoms with Crippen LogP contribution in [0.15, 0.2) is 82.4 Å². The van der Waals surface area contributed by atoms with Gasteiger partial charge in [0.15, 0.2) is 0 Å². The fourth-order valence-corrected chi connectivity index (χ4v) is 7.19. The normalized spacial score (nSPS) is 23.9. The van der Waals surface area contributed by atoms with Crippen LogP contribution in [0.5, 0.6) is 0 Å². The van der Waals surface area contributed by atoms with Crippen molar-refractivity contribution in [3.05, 3.63) is 99.7 Å². The Morgan fingerprint density at radius 2 is 1.91 bits per heavy atom. The first-order valence-electron chi connectivity index (χ1n) is 16.4. The lowest BCUT2D eigenvalue weighted by atomic mass is 9.66. The Labute approximate surface area is 273 Å². The minimum atomic E-state index is -0.834. The van der Waals surface area contributed by atoms with Crippen molar-refractivity contribution in [3.63, 3.8) is 0 Å². The number of amides is 2. The maximum atomic E-state index is 13.2. The second-order valence-electron chi connectivity index (χ2n) is 12.9. The van der Waals surface area contributed by atoms with Gasteiger partial charge in [0.05, 0.1) is 23.7 Å². The van der Waals surface area contributed by atoms with E-state index >= 15 is 0 Å². The second kappa shape index (κ2) is 14.3. The number of carbonyl (C=O) groups is 2. The smallest absolute Gasteiger partial charge is 0.251 e. The summed E-state index contributed by atoms with van der Waals surface area (Å²) in [7, 11) is 1.65. The van der Waals surface area contributed by atoms with Crippen LogP contribution in [0.4, 0.5) is 5.69 Å². The molecule has 5 rings (SSSR count). The molecule has 0 radical (unpaired) electrons. The number of fused-ring (bicyclic) bond motifs is 1. The van der Waals surface area contributed by atoms with Gasteiger partial charge in [0.1, 0.15) is 11.9 Å². The van der Waals surface area contributed by atoms with Crippen molar-refractivity contribution in [3.8, 4) is 6.07 Å². The number of hydrogen-bond donors (Lipinski definition) is 3. The number of nitrogens with two attached hydrogens (primary N) is 1. The first-order chi connectivity index (χ1) is 22.2. The Balaban J connectivity index is 1.65. The number of allylic oxidation sites excluding steroid dienone is 5. The monoisotopic (exact) mass is 618 g/mol. The lowest BCUT2D eigenvalue weighted by Crippen LogP contribution is -2.49. The molecule has 8 heteroatoms. The van der Waals surface area contributed by atoms with Crippen molar-refractivity contribution in [2.75, 3.05) is 20.1 Å². The zero-order valence-electron chi connectivity index (χ0n) is 27.5. The van der Waals surface area contributed by atoms with Gasteiger partial charge in [-0.1, -0.05) is 53.1 Å². The molecule has 1 heterocycles. The van der Waals surface area contributed by atoms with E-state index in [1.807, 2.05) is 43.3 Å². The largest absolute Gasteiger partial charge is 0.386 e. The summed E-state index contributed by atoms with van der Waals surface area (Å²) in [6.45, 7) is 7.00. The van der Waals surface area contributed by atoms with E-state index in [1.54, 1.807) is 11.9 Å². The number of rotatable bonds is 8. The summed E-state index contributed by atoms with van der Waals surface area (Å²) in [6, 6.07) is 15.8. The maximum absolute atomic E-state index is 13.2. The molecule has 3 aliphatic rings. The third-order valence-electron chi connectivity index (χ3n) is 9.67. The molecule has 2 aromatic rings. The molecule has 0 bridgehead atoms. The number of nitriles is 1. The zero-order valence-corrected chi connectivity index (χ0v) is 27.5. The standard InChI is InChI=1S/C38H46N6O2/c1-25-7-5-8-28-13-14-29-21-30(36(46)41-4)15-19-34(29)38(33(28)18-12-25,37(40)43-31-16-10-26(2)11-17-31)22-27(3)42-24-35(45)44-20-6-9-32(44)23-39/h7,10-12,15-19,21,27,32,42H,5-6,8-9,13-14,20,22,24H2,1-4H3,(H2,40,43)(H,41,46)/b18-12-,25-7-. The summed E-state index contributed by atoms with van der Waals surface area (Å²) >= 11 is 0. The van der Waals surface area contributed by atoms with Crippen molar-refractivity contribution in [2.45, 2.75) is 83.2 Å². The lowest BCUT2D eigenvalue weighted by molar-refractivity contribution is -0.130. The van der Waals surface area contributed by atoms with Gasteiger partial charge in [0, 0.05) is 25.2 Å². The van der Waals surface area contributed by atoms with Gasteiger partial charge in [0.25, 0.3) is 5.91 Å². The molecule has 3 unspecified atom stereocenters. The van der Waals surface area contributed by atoms with Crippen LogP contribution < -0.4 is 16.4 Å². The molecule has 4 N–H and O–H groups in total. The Morgan fingerprint density at radius 3 is 2.65 bits per heavy atom. The highest BCUT2D eigenvalue weighted by atomic mass is 16.2. The summed E-state index contributed by atoms with van der Waals surface area (Å²) in [5.74, 6) is 0.293. The molecule has 240 valence electrons. The Kier molecular flexibility index (Phi) is 10.2. The molecule has 2 aliphatic carbocycles. The summed E-state index contributed by atoms with van der Waals surface area (Å²) in [4.78, 5) is 32.8. The van der Waals surface area contributed by atoms with Crippen molar-refractivity contribution in [1.82, 2.24) is 15.5 Å². The lowest BCUT2D eigenvalue weighted by Gasteiger charge is -2.39. The molecule has 0 aromatic heterocycles. The first kappa shape index (κ1) is 32.9. The summed E-state index contributed by atoms with van der Waals surface area (Å²) in [5, 5.41) is 15.8. The number of aryl methyl sites for hydroxylation is 2. The highest BCUT2D eigenvalue weighted by molar-refractivity contribution is 5.99. The maximum Gasteiger partial charge on any atom is 0.251 e. The minimum absolute atomic E-state index is 0.0609. The molecule has 8 nitrogen and oxygen atoms in total. The summed E-state index contributed by atoms with van der Waals surface area (Å²) in [6.07, 6.45) is 12.2. The quantitative estimate of drug-likeness (QED) is 0.259. The van der Waals surface area contributed by atoms with Gasteiger partial charge in [-0.3, -0.25) is 9.59 Å². The van der Waals surface area contributed by atoms with Crippen LogP contribution in [0, 0.1) is 18.3 Å². The fourth-order valence-electron chi connectivity index (χ4n) is 7.19. The van der Waals surface area contributed by atoms with Gasteiger partial charge in [-0.25, -0.2) is 4.99 Å². The summed E-state index contributed by atoms with van der Waals surface area (Å²) in [5.41, 5.74) is 14.8. The SMILES string of the molecule is CNC(=O)c1ccc2c(c1)CCC1=C(/C=C\C(C)=C/CC1)C2(CC(C)NCC(=O)N1CCCC1C#N)C(N)=Nc1ccc(C)cc1. The van der Waals surface area contributed by atoms with E-state index < -0.39 is 5.41 Å². The fraction of sp³-hybridized carbons (Fsp3) is 0.421. The molecule has 0 saturated carbocycles. The molecule has 2 aromatic carbocycles. The zero-order chi connectivity index (χ0) is 32.8. The van der Waals surface area contributed by atoms with E-state index in [9.17, 15) is 14.9 Å². The van der Waals surface area contributed by atoms with Gasteiger partial charge >= 0.3 is 0 Å².